The molecule has 27 heavy (non-hydrogen) atoms. The lowest BCUT2D eigenvalue weighted by Crippen LogP contribution is -2.35. The van der Waals surface area contributed by atoms with Gasteiger partial charge in [-0.05, 0) is 58.3 Å². The molecular formula is C18H17BrN2O6. The van der Waals surface area contributed by atoms with Crippen LogP contribution >= 0.6 is 15.9 Å². The Kier molecular flexibility index (Phi) is 6.15. The summed E-state index contributed by atoms with van der Waals surface area (Å²) in [6, 6.07) is 8.24. The van der Waals surface area contributed by atoms with E-state index in [0.29, 0.717) is 28.2 Å². The highest BCUT2D eigenvalue weighted by Gasteiger charge is 2.18. The average Bonchev–Trinajstić information content (AvgIpc) is 3.29. The topological polar surface area (TPSA) is 110 Å². The summed E-state index contributed by atoms with van der Waals surface area (Å²) in [4.78, 5) is 24.8. The molecule has 142 valence electrons. The first-order valence-electron chi connectivity index (χ1n) is 8.14. The Labute approximate surface area is 163 Å². The lowest BCUT2D eigenvalue weighted by molar-refractivity contribution is -0.117. The maximum Gasteiger partial charge on any atom is 0.291 e. The molecule has 3 rings (SSSR count). The van der Waals surface area contributed by atoms with Crippen LogP contribution in [0.25, 0.3) is 6.08 Å². The van der Waals surface area contributed by atoms with Crippen LogP contribution in [0.4, 0.5) is 0 Å². The Morgan fingerprint density at radius 2 is 2.00 bits per heavy atom. The predicted octanol–water partition coefficient (Wildman–Crippen LogP) is 2.04. The minimum Gasteiger partial charge on any atom is -0.454 e. The first-order chi connectivity index (χ1) is 13.1. The van der Waals surface area contributed by atoms with Crippen LogP contribution in [0.2, 0.25) is 0 Å². The number of fused-ring (bicyclic) bond motifs is 1. The van der Waals surface area contributed by atoms with Gasteiger partial charge in [0.2, 0.25) is 6.79 Å². The molecule has 2 amide bonds. The van der Waals surface area contributed by atoms with Crippen molar-refractivity contribution in [2.45, 2.75) is 6.42 Å². The summed E-state index contributed by atoms with van der Waals surface area (Å²) in [5.41, 5.74) is 0.678. The number of amides is 2. The number of carbonyl (C=O) groups is 2. The average molecular weight is 437 g/mol. The van der Waals surface area contributed by atoms with E-state index in [1.807, 2.05) is 0 Å². The summed E-state index contributed by atoms with van der Waals surface area (Å²) >= 11 is 3.13. The van der Waals surface area contributed by atoms with Crippen LogP contribution in [0, 0.1) is 0 Å². The first-order valence-corrected chi connectivity index (χ1v) is 8.93. The Morgan fingerprint density at radius 1 is 1.19 bits per heavy atom. The van der Waals surface area contributed by atoms with Gasteiger partial charge in [-0.15, -0.1) is 0 Å². The van der Waals surface area contributed by atoms with Crippen molar-refractivity contribution in [2.24, 2.45) is 0 Å². The Hall–Kier alpha value is -2.78. The number of furan rings is 1. The standard InChI is InChI=1S/C18H17BrN2O6/c19-16-5-4-14(27-16)18(24)21-12(17(23)20-6-1-7-22)8-11-2-3-13-15(9-11)26-10-25-13/h2-5,8-9,22H,1,6-7,10H2,(H,20,23)(H,21,24). The van der Waals surface area contributed by atoms with Gasteiger partial charge in [0.1, 0.15) is 5.70 Å². The number of rotatable bonds is 7. The van der Waals surface area contributed by atoms with Crippen molar-refractivity contribution in [3.8, 4) is 11.5 Å². The van der Waals surface area contributed by atoms with E-state index in [2.05, 4.69) is 26.6 Å². The number of aliphatic hydroxyl groups is 1. The number of aliphatic hydroxyl groups excluding tert-OH is 1. The fraction of sp³-hybridized carbons (Fsp3) is 0.222. The second-order valence-corrected chi connectivity index (χ2v) is 6.34. The number of benzene rings is 1. The zero-order chi connectivity index (χ0) is 19.2. The largest absolute Gasteiger partial charge is 0.454 e. The molecule has 1 aliphatic heterocycles. The molecule has 0 saturated carbocycles. The molecule has 1 aromatic heterocycles. The third kappa shape index (κ3) is 4.89. The number of hydrogen-bond acceptors (Lipinski definition) is 6. The number of nitrogens with one attached hydrogen (secondary N) is 2. The van der Waals surface area contributed by atoms with E-state index in [4.69, 9.17) is 19.0 Å². The van der Waals surface area contributed by atoms with E-state index in [0.717, 1.165) is 0 Å². The van der Waals surface area contributed by atoms with Crippen molar-refractivity contribution in [1.82, 2.24) is 10.6 Å². The number of hydrogen-bond donors (Lipinski definition) is 3. The molecule has 0 atom stereocenters. The highest BCUT2D eigenvalue weighted by atomic mass is 79.9. The molecule has 2 heterocycles. The summed E-state index contributed by atoms with van der Waals surface area (Å²) in [7, 11) is 0. The molecule has 1 aliphatic rings. The van der Waals surface area contributed by atoms with E-state index in [1.54, 1.807) is 24.3 Å². The normalized spacial score (nSPS) is 12.7. The quantitative estimate of drug-likeness (QED) is 0.452. The summed E-state index contributed by atoms with van der Waals surface area (Å²) in [6.45, 7) is 0.366. The fourth-order valence-electron chi connectivity index (χ4n) is 2.32. The monoisotopic (exact) mass is 436 g/mol. The van der Waals surface area contributed by atoms with Gasteiger partial charge >= 0.3 is 0 Å². The zero-order valence-electron chi connectivity index (χ0n) is 14.2. The van der Waals surface area contributed by atoms with Crippen LogP contribution in [-0.4, -0.2) is 36.9 Å². The first kappa shape index (κ1) is 19.0. The van der Waals surface area contributed by atoms with E-state index in [1.165, 1.54) is 12.1 Å². The third-order valence-corrected chi connectivity index (χ3v) is 4.04. The Balaban J connectivity index is 1.82. The number of ether oxygens (including phenoxy) is 2. The molecule has 0 radical (unpaired) electrons. The van der Waals surface area contributed by atoms with Crippen molar-refractivity contribution in [3.63, 3.8) is 0 Å². The third-order valence-electron chi connectivity index (χ3n) is 3.62. The second kappa shape index (κ2) is 8.74. The van der Waals surface area contributed by atoms with Crippen LogP contribution in [-0.2, 0) is 4.79 Å². The van der Waals surface area contributed by atoms with Gasteiger partial charge < -0.3 is 29.6 Å². The maximum atomic E-state index is 12.5. The second-order valence-electron chi connectivity index (χ2n) is 5.56. The molecule has 0 spiro atoms. The molecule has 0 unspecified atom stereocenters. The SMILES string of the molecule is O=C(NCCCO)C(=Cc1ccc2c(c1)OCO2)NC(=O)c1ccc(Br)o1. The van der Waals surface area contributed by atoms with Crippen molar-refractivity contribution in [2.75, 3.05) is 19.9 Å². The van der Waals surface area contributed by atoms with Crippen molar-refractivity contribution in [3.05, 3.63) is 52.0 Å². The fourth-order valence-corrected chi connectivity index (χ4v) is 2.63. The number of carbonyl (C=O) groups excluding carboxylic acids is 2. The van der Waals surface area contributed by atoms with Crippen LogP contribution in [0.15, 0.2) is 45.1 Å². The van der Waals surface area contributed by atoms with E-state index in [-0.39, 0.29) is 31.4 Å². The molecule has 0 aliphatic carbocycles. The van der Waals surface area contributed by atoms with Gasteiger partial charge in [-0.2, -0.15) is 0 Å². The van der Waals surface area contributed by atoms with Crippen LogP contribution in [0.5, 0.6) is 11.5 Å². The summed E-state index contributed by atoms with van der Waals surface area (Å²) in [5, 5.41) is 14.1. The minimum atomic E-state index is -0.565. The Morgan fingerprint density at radius 3 is 2.74 bits per heavy atom. The van der Waals surface area contributed by atoms with Gasteiger partial charge in [0.25, 0.3) is 11.8 Å². The van der Waals surface area contributed by atoms with E-state index in [9.17, 15) is 9.59 Å². The van der Waals surface area contributed by atoms with Crippen molar-refractivity contribution >= 4 is 33.8 Å². The van der Waals surface area contributed by atoms with Crippen LogP contribution in [0.1, 0.15) is 22.5 Å². The molecule has 0 saturated heterocycles. The molecule has 1 aromatic carbocycles. The molecule has 0 bridgehead atoms. The summed E-state index contributed by atoms with van der Waals surface area (Å²) in [6.07, 6.45) is 1.92. The van der Waals surface area contributed by atoms with Gasteiger partial charge in [0.15, 0.2) is 21.9 Å². The molecular weight excluding hydrogens is 420 g/mol. The smallest absolute Gasteiger partial charge is 0.291 e. The molecule has 8 nitrogen and oxygen atoms in total. The predicted molar refractivity (Wildman–Crippen MR) is 99.1 cm³/mol. The van der Waals surface area contributed by atoms with Gasteiger partial charge in [0, 0.05) is 13.2 Å². The van der Waals surface area contributed by atoms with Crippen molar-refractivity contribution in [1.29, 1.82) is 0 Å². The lowest BCUT2D eigenvalue weighted by atomic mass is 10.1. The summed E-state index contributed by atoms with van der Waals surface area (Å²) < 4.78 is 16.2. The molecule has 0 fully saturated rings. The van der Waals surface area contributed by atoms with Gasteiger partial charge in [-0.3, -0.25) is 9.59 Å². The van der Waals surface area contributed by atoms with E-state index >= 15 is 0 Å². The Bertz CT molecular complexity index is 876. The number of halogens is 1. The summed E-state index contributed by atoms with van der Waals surface area (Å²) in [5.74, 6) is 0.183. The lowest BCUT2D eigenvalue weighted by Gasteiger charge is -2.10. The zero-order valence-corrected chi connectivity index (χ0v) is 15.7. The van der Waals surface area contributed by atoms with Gasteiger partial charge in [-0.25, -0.2) is 0 Å². The highest BCUT2D eigenvalue weighted by molar-refractivity contribution is 9.10. The van der Waals surface area contributed by atoms with Crippen LogP contribution in [0.3, 0.4) is 0 Å². The highest BCUT2D eigenvalue weighted by Crippen LogP contribution is 2.33. The van der Waals surface area contributed by atoms with Gasteiger partial charge in [0.05, 0.1) is 0 Å². The molecule has 3 N–H and O–H groups in total. The maximum absolute atomic E-state index is 12.5. The van der Waals surface area contributed by atoms with Crippen molar-refractivity contribution < 1.29 is 28.6 Å². The minimum absolute atomic E-state index is 0.0318. The van der Waals surface area contributed by atoms with E-state index < -0.39 is 11.8 Å². The molecule has 2 aromatic rings. The van der Waals surface area contributed by atoms with Crippen LogP contribution < -0.4 is 20.1 Å². The molecule has 9 heteroatoms. The van der Waals surface area contributed by atoms with Gasteiger partial charge in [-0.1, -0.05) is 6.07 Å².